The van der Waals surface area contributed by atoms with E-state index in [1.165, 1.54) is 37.7 Å². The highest BCUT2D eigenvalue weighted by molar-refractivity contribution is 5.40. The molecule has 1 aromatic rings. The molecule has 1 aromatic heterocycles. The minimum Gasteiger partial charge on any atom is -0.379 e. The van der Waals surface area contributed by atoms with Crippen LogP contribution in [0.5, 0.6) is 0 Å². The molecule has 5 heteroatoms. The van der Waals surface area contributed by atoms with Gasteiger partial charge in [0.15, 0.2) is 0 Å². The number of ether oxygens (including phenoxy) is 1. The number of hydrogen-bond acceptors (Lipinski definition) is 5. The van der Waals surface area contributed by atoms with Crippen LogP contribution in [0.1, 0.15) is 37.7 Å². The van der Waals surface area contributed by atoms with E-state index in [1.807, 2.05) is 6.20 Å². The highest BCUT2D eigenvalue weighted by atomic mass is 16.5. The Balaban J connectivity index is 1.30. The molecule has 2 N–H and O–H groups in total. The number of hydrogen-bond donors (Lipinski definition) is 2. The number of nitrogens with zero attached hydrogens (tertiary/aromatic N) is 2. The normalized spacial score (nSPS) is 30.8. The lowest BCUT2D eigenvalue weighted by atomic mass is 9.94. The Kier molecular flexibility index (Phi) is 5.30. The lowest BCUT2D eigenvalue weighted by Gasteiger charge is -2.33. The van der Waals surface area contributed by atoms with Gasteiger partial charge in [-0.2, -0.15) is 0 Å². The van der Waals surface area contributed by atoms with Crippen LogP contribution in [-0.4, -0.2) is 49.9 Å². The number of rotatable bonds is 5. The van der Waals surface area contributed by atoms with Gasteiger partial charge < -0.3 is 20.3 Å². The van der Waals surface area contributed by atoms with Crippen molar-refractivity contribution in [1.82, 2.24) is 15.6 Å². The van der Waals surface area contributed by atoms with Gasteiger partial charge in [0, 0.05) is 44.5 Å². The fourth-order valence-electron chi connectivity index (χ4n) is 4.49. The second kappa shape index (κ2) is 7.81. The van der Waals surface area contributed by atoms with Gasteiger partial charge in [0.2, 0.25) is 0 Å². The molecule has 24 heavy (non-hydrogen) atoms. The summed E-state index contributed by atoms with van der Waals surface area (Å²) in [6, 6.07) is 5.54. The second-order valence-electron chi connectivity index (χ2n) is 7.44. The molecule has 132 valence electrons. The summed E-state index contributed by atoms with van der Waals surface area (Å²) in [6.07, 6.45) is 8.56. The fourth-order valence-corrected chi connectivity index (χ4v) is 4.49. The van der Waals surface area contributed by atoms with Gasteiger partial charge in [0.1, 0.15) is 5.82 Å². The van der Waals surface area contributed by atoms with Crippen LogP contribution >= 0.6 is 0 Å². The molecule has 5 nitrogen and oxygen atoms in total. The third kappa shape index (κ3) is 3.73. The topological polar surface area (TPSA) is 49.4 Å². The smallest absolute Gasteiger partial charge is 0.128 e. The van der Waals surface area contributed by atoms with Gasteiger partial charge in [0.05, 0.1) is 13.2 Å². The predicted octanol–water partition coefficient (Wildman–Crippen LogP) is 1.93. The monoisotopic (exact) mass is 330 g/mol. The Morgan fingerprint density at radius 2 is 2.12 bits per heavy atom. The average molecular weight is 330 g/mol. The summed E-state index contributed by atoms with van der Waals surface area (Å²) in [5, 5.41) is 7.43. The van der Waals surface area contributed by atoms with Crippen molar-refractivity contribution in [1.29, 1.82) is 0 Å². The Bertz CT molecular complexity index is 509. The zero-order chi connectivity index (χ0) is 16.2. The van der Waals surface area contributed by atoms with E-state index in [0.29, 0.717) is 18.0 Å². The minimum atomic E-state index is 0.523. The largest absolute Gasteiger partial charge is 0.379 e. The molecule has 0 amide bonds. The van der Waals surface area contributed by atoms with E-state index in [4.69, 9.17) is 4.74 Å². The first kappa shape index (κ1) is 16.3. The van der Waals surface area contributed by atoms with Crippen LogP contribution in [0.4, 0.5) is 5.82 Å². The highest BCUT2D eigenvalue weighted by Gasteiger charge is 2.34. The Morgan fingerprint density at radius 3 is 2.88 bits per heavy atom. The Labute approximate surface area is 145 Å². The number of pyridine rings is 1. The maximum atomic E-state index is 5.66. The van der Waals surface area contributed by atoms with E-state index in [-0.39, 0.29) is 0 Å². The molecule has 2 saturated heterocycles. The summed E-state index contributed by atoms with van der Waals surface area (Å²) in [6.45, 7) is 5.96. The quantitative estimate of drug-likeness (QED) is 0.864. The molecule has 1 aliphatic carbocycles. The van der Waals surface area contributed by atoms with Gasteiger partial charge in [-0.1, -0.05) is 12.5 Å². The van der Waals surface area contributed by atoms with Gasteiger partial charge >= 0.3 is 0 Å². The molecule has 3 heterocycles. The summed E-state index contributed by atoms with van der Waals surface area (Å²) in [5.41, 5.74) is 1.29. The zero-order valence-corrected chi connectivity index (χ0v) is 14.5. The summed E-state index contributed by atoms with van der Waals surface area (Å²) < 4.78 is 5.66. The number of anilines is 1. The maximum absolute atomic E-state index is 5.66. The molecule has 3 unspecified atom stereocenters. The zero-order valence-electron chi connectivity index (χ0n) is 14.5. The third-order valence-corrected chi connectivity index (χ3v) is 5.84. The van der Waals surface area contributed by atoms with Crippen molar-refractivity contribution in [2.24, 2.45) is 5.92 Å². The second-order valence-corrected chi connectivity index (χ2v) is 7.44. The molecule has 0 bridgehead atoms. The number of nitrogens with one attached hydrogen (secondary N) is 2. The predicted molar refractivity (Wildman–Crippen MR) is 96.3 cm³/mol. The van der Waals surface area contributed by atoms with Gasteiger partial charge in [-0.3, -0.25) is 0 Å². The SMILES string of the molecule is c1cc(N2CCCC2)ncc1CNC1CCCC1C1COCCN1. The van der Waals surface area contributed by atoms with Crippen molar-refractivity contribution >= 4 is 5.82 Å². The van der Waals surface area contributed by atoms with Crippen LogP contribution < -0.4 is 15.5 Å². The maximum Gasteiger partial charge on any atom is 0.128 e. The molecule has 0 aromatic carbocycles. The summed E-state index contributed by atoms with van der Waals surface area (Å²) in [4.78, 5) is 7.06. The van der Waals surface area contributed by atoms with Crippen molar-refractivity contribution in [3.8, 4) is 0 Å². The summed E-state index contributed by atoms with van der Waals surface area (Å²) in [7, 11) is 0. The molecule has 2 aliphatic heterocycles. The summed E-state index contributed by atoms with van der Waals surface area (Å²) in [5.74, 6) is 1.83. The number of morpholine rings is 1. The molecular weight excluding hydrogens is 300 g/mol. The lowest BCUT2D eigenvalue weighted by molar-refractivity contribution is 0.0524. The van der Waals surface area contributed by atoms with Gasteiger partial charge in [-0.05, 0) is 43.2 Å². The number of aromatic nitrogens is 1. The van der Waals surface area contributed by atoms with Gasteiger partial charge in [0.25, 0.3) is 0 Å². The van der Waals surface area contributed by atoms with E-state index in [1.54, 1.807) is 0 Å². The highest BCUT2D eigenvalue weighted by Crippen LogP contribution is 2.29. The van der Waals surface area contributed by atoms with E-state index in [9.17, 15) is 0 Å². The van der Waals surface area contributed by atoms with Gasteiger partial charge in [-0.25, -0.2) is 4.98 Å². The standard InChI is InChI=1S/C19H30N4O/c1-2-10-23(9-1)19-7-6-15(13-22-19)12-21-17-5-3-4-16(17)18-14-24-11-8-20-18/h6-7,13,16-18,20-21H,1-5,8-12,14H2. The lowest BCUT2D eigenvalue weighted by Crippen LogP contribution is -2.50. The fraction of sp³-hybridized carbons (Fsp3) is 0.737. The van der Waals surface area contributed by atoms with Crippen LogP contribution in [0.3, 0.4) is 0 Å². The van der Waals surface area contributed by atoms with Crippen molar-refractivity contribution in [2.75, 3.05) is 37.7 Å². The molecule has 3 atom stereocenters. The Hall–Kier alpha value is -1.17. The molecule has 1 saturated carbocycles. The minimum absolute atomic E-state index is 0.523. The first-order valence-electron chi connectivity index (χ1n) is 9.64. The van der Waals surface area contributed by atoms with Gasteiger partial charge in [-0.15, -0.1) is 0 Å². The van der Waals surface area contributed by atoms with E-state index in [0.717, 1.165) is 45.2 Å². The molecule has 0 radical (unpaired) electrons. The first-order chi connectivity index (χ1) is 11.9. The molecular formula is C19H30N4O. The third-order valence-electron chi connectivity index (χ3n) is 5.84. The van der Waals surface area contributed by atoms with Crippen LogP contribution in [0.25, 0.3) is 0 Å². The van der Waals surface area contributed by atoms with Crippen LogP contribution in [0, 0.1) is 5.92 Å². The van der Waals surface area contributed by atoms with Crippen LogP contribution in [-0.2, 0) is 11.3 Å². The van der Waals surface area contributed by atoms with Crippen molar-refractivity contribution in [3.63, 3.8) is 0 Å². The van der Waals surface area contributed by atoms with Crippen molar-refractivity contribution in [2.45, 2.75) is 50.7 Å². The van der Waals surface area contributed by atoms with Crippen molar-refractivity contribution < 1.29 is 4.74 Å². The summed E-state index contributed by atoms with van der Waals surface area (Å²) >= 11 is 0. The van der Waals surface area contributed by atoms with E-state index >= 15 is 0 Å². The van der Waals surface area contributed by atoms with E-state index < -0.39 is 0 Å². The first-order valence-corrected chi connectivity index (χ1v) is 9.64. The molecule has 3 aliphatic rings. The Morgan fingerprint density at radius 1 is 1.21 bits per heavy atom. The van der Waals surface area contributed by atoms with Crippen LogP contribution in [0.2, 0.25) is 0 Å². The average Bonchev–Trinajstić information content (AvgIpc) is 3.33. The molecule has 0 spiro atoms. The van der Waals surface area contributed by atoms with E-state index in [2.05, 4.69) is 32.7 Å². The molecule has 3 fully saturated rings. The molecule has 4 rings (SSSR count). The van der Waals surface area contributed by atoms with Crippen molar-refractivity contribution in [3.05, 3.63) is 23.9 Å². The van der Waals surface area contributed by atoms with Crippen LogP contribution in [0.15, 0.2) is 18.3 Å².